The maximum absolute atomic E-state index is 5.58. The highest BCUT2D eigenvalue weighted by atomic mass is 15.1. The number of aromatic nitrogens is 9. The second kappa shape index (κ2) is 35.6. The van der Waals surface area contributed by atoms with Crippen molar-refractivity contribution >= 4 is 76.1 Å². The Labute approximate surface area is 759 Å². The van der Waals surface area contributed by atoms with E-state index in [0.29, 0.717) is 5.82 Å². The standard InChI is InChI=1S/C47H31N3.C40H29N3.C35H23N3/c1-6-18-32(19-7-1)37-28-16-29-38-41(37)39-30-17-31-40(46(39)48-43(38)33-20-8-2-9-21-33)42-44(34-22-10-3-11-23-34)49-47(36-26-14-5-15-27-36)50-45(42)35-24-12-4-13-25-35;1-2-37-41-35-21-9-10-22-36(35)43(37)30-25-23-28(24-26-30)32-18-12-20-34-38-31(27-13-5-3-6-14-27)17-11-19-33(38)39(42-40(32)34)29-15-7-4-8-16-29;1-3-11-24(12-4-1)27-15-9-17-29-33(27)30-18-10-16-28(35(30)38-34(29)25-13-5-2-6-14-25)26-20-21-32(37-23-26)31-19-7-8-22-36-31/h1-31H;3-26H,2H2,1H3;1-23H. The molecule has 0 aliphatic carbocycles. The largest absolute Gasteiger partial charge is 0.296 e. The first-order chi connectivity index (χ1) is 65.0. The third kappa shape index (κ3) is 15.3. The van der Waals surface area contributed by atoms with Gasteiger partial charge in [-0.15, -0.1) is 0 Å². The molecule has 0 aliphatic heterocycles. The van der Waals surface area contributed by atoms with Crippen LogP contribution in [0.1, 0.15) is 12.7 Å². The molecule has 0 saturated heterocycles. The van der Waals surface area contributed by atoms with Crippen LogP contribution in [0, 0.1) is 0 Å². The zero-order valence-electron chi connectivity index (χ0n) is 71.8. The van der Waals surface area contributed by atoms with Crippen molar-refractivity contribution in [1.29, 1.82) is 0 Å². The Kier molecular flexibility index (Phi) is 21.6. The molecule has 0 fully saturated rings. The molecular weight excluding hydrogens is 1590 g/mol. The van der Waals surface area contributed by atoms with Gasteiger partial charge < -0.3 is 0 Å². The number of fused-ring (bicyclic) bond motifs is 10. The SMILES string of the molecule is CCc1nc2ccccc2n1-c1ccc(-c2cccc3c2nc(-c2ccccc2)c2cccc(-c4ccccc4)c23)cc1.c1ccc(-c2nc(-c3ccccc3)c(-c3cccc4c3nc(-c3ccccc3)c3cccc(-c5ccccc5)c34)c(-c3ccccc3)n2)cc1.c1ccc(-c2nc3c(-c4ccc(-c5ccccn5)nc4)cccc3c3c(-c4ccccc4)cccc23)cc1. The van der Waals surface area contributed by atoms with E-state index >= 15 is 0 Å². The average Bonchev–Trinajstić information content (AvgIpc) is 1.57. The van der Waals surface area contributed by atoms with Crippen LogP contribution in [0.2, 0.25) is 0 Å². The van der Waals surface area contributed by atoms with Crippen LogP contribution < -0.4 is 0 Å². The van der Waals surface area contributed by atoms with Gasteiger partial charge in [0, 0.05) is 134 Å². The van der Waals surface area contributed by atoms with E-state index in [0.717, 1.165) is 184 Å². The topological polar surface area (TPSA) is 108 Å². The van der Waals surface area contributed by atoms with E-state index in [2.05, 4.69) is 411 Å². The van der Waals surface area contributed by atoms with Crippen LogP contribution in [0.5, 0.6) is 0 Å². The molecule has 0 unspecified atom stereocenters. The van der Waals surface area contributed by atoms with E-state index in [9.17, 15) is 0 Å². The van der Waals surface area contributed by atoms with Crippen LogP contribution in [0.3, 0.4) is 0 Å². The molecule has 0 bridgehead atoms. The summed E-state index contributed by atoms with van der Waals surface area (Å²) in [5.74, 6) is 1.75. The molecule has 9 nitrogen and oxygen atoms in total. The van der Waals surface area contributed by atoms with Crippen LogP contribution in [0.15, 0.2) is 473 Å². The van der Waals surface area contributed by atoms with E-state index < -0.39 is 0 Å². The Morgan fingerprint density at radius 1 is 0.214 bits per heavy atom. The number of rotatable bonds is 15. The molecule has 616 valence electrons. The highest BCUT2D eigenvalue weighted by Gasteiger charge is 2.27. The quantitative estimate of drug-likeness (QED) is 0.0934. The second-order valence-corrected chi connectivity index (χ2v) is 32.5. The van der Waals surface area contributed by atoms with Crippen LogP contribution in [-0.2, 0) is 6.42 Å². The van der Waals surface area contributed by atoms with E-state index in [1.54, 1.807) is 6.20 Å². The minimum Gasteiger partial charge on any atom is -0.296 e. The second-order valence-electron chi connectivity index (χ2n) is 32.5. The van der Waals surface area contributed by atoms with Crippen molar-refractivity contribution in [3.8, 4) is 152 Å². The minimum atomic E-state index is 0.682. The number of imidazole rings is 1. The molecule has 17 aromatic carbocycles. The fourth-order valence-electron chi connectivity index (χ4n) is 18.6. The van der Waals surface area contributed by atoms with Crippen molar-refractivity contribution in [2.75, 3.05) is 0 Å². The molecule has 0 aliphatic rings. The molecule has 0 radical (unpaired) electrons. The van der Waals surface area contributed by atoms with Gasteiger partial charge in [0.05, 0.1) is 67.4 Å². The van der Waals surface area contributed by atoms with Crippen molar-refractivity contribution in [1.82, 2.24) is 44.4 Å². The van der Waals surface area contributed by atoms with E-state index in [-0.39, 0.29) is 0 Å². The molecule has 0 saturated carbocycles. The summed E-state index contributed by atoms with van der Waals surface area (Å²) in [6.07, 6.45) is 4.58. The van der Waals surface area contributed by atoms with Gasteiger partial charge >= 0.3 is 0 Å². The Morgan fingerprint density at radius 2 is 0.534 bits per heavy atom. The lowest BCUT2D eigenvalue weighted by molar-refractivity contribution is 0.908. The molecule has 7 heterocycles. The van der Waals surface area contributed by atoms with Gasteiger partial charge in [-0.2, -0.15) is 0 Å². The number of nitrogens with zero attached hydrogens (tertiary/aromatic N) is 9. The zero-order valence-corrected chi connectivity index (χ0v) is 71.8. The molecule has 9 heteroatoms. The molecule has 24 rings (SSSR count). The van der Waals surface area contributed by atoms with Crippen molar-refractivity contribution in [2.45, 2.75) is 13.3 Å². The third-order valence-corrected chi connectivity index (χ3v) is 24.6. The first kappa shape index (κ1) is 79.5. The van der Waals surface area contributed by atoms with Crippen molar-refractivity contribution in [3.63, 3.8) is 0 Å². The van der Waals surface area contributed by atoms with Gasteiger partial charge in [0.1, 0.15) is 5.82 Å². The zero-order chi connectivity index (χ0) is 87.3. The summed E-state index contributed by atoms with van der Waals surface area (Å²) in [6, 6.07) is 161. The first-order valence-electron chi connectivity index (χ1n) is 44.4. The highest BCUT2D eigenvalue weighted by molar-refractivity contribution is 6.23. The molecule has 0 amide bonds. The lowest BCUT2D eigenvalue weighted by atomic mass is 9.89. The number of para-hydroxylation sites is 5. The van der Waals surface area contributed by atoms with Gasteiger partial charge in [-0.1, -0.05) is 426 Å². The number of hydrogen-bond acceptors (Lipinski definition) is 8. The number of pyridine rings is 5. The van der Waals surface area contributed by atoms with Gasteiger partial charge in [-0.05, 0) is 81.4 Å². The molecule has 0 atom stereocenters. The van der Waals surface area contributed by atoms with Crippen LogP contribution >= 0.6 is 0 Å². The van der Waals surface area contributed by atoms with Gasteiger partial charge in [0.15, 0.2) is 5.82 Å². The Balaban J connectivity index is 0.000000116. The predicted octanol–water partition coefficient (Wildman–Crippen LogP) is 31.3. The van der Waals surface area contributed by atoms with Crippen molar-refractivity contribution < 1.29 is 0 Å². The maximum Gasteiger partial charge on any atom is 0.160 e. The lowest BCUT2D eigenvalue weighted by Crippen LogP contribution is -2.02. The van der Waals surface area contributed by atoms with Crippen LogP contribution in [0.4, 0.5) is 0 Å². The Bertz CT molecular complexity index is 8220. The minimum absolute atomic E-state index is 0.682. The third-order valence-electron chi connectivity index (χ3n) is 24.6. The monoisotopic (exact) mass is 1670 g/mol. The fourth-order valence-corrected chi connectivity index (χ4v) is 18.6. The van der Waals surface area contributed by atoms with E-state index in [1.807, 2.05) is 72.9 Å². The maximum atomic E-state index is 5.58. The van der Waals surface area contributed by atoms with Gasteiger partial charge in [0.25, 0.3) is 0 Å². The van der Waals surface area contributed by atoms with E-state index in [4.69, 9.17) is 34.9 Å². The summed E-state index contributed by atoms with van der Waals surface area (Å²) in [6.45, 7) is 2.16. The molecule has 131 heavy (non-hydrogen) atoms. The van der Waals surface area contributed by atoms with Crippen LogP contribution in [0.25, 0.3) is 228 Å². The van der Waals surface area contributed by atoms with Crippen LogP contribution in [-0.4, -0.2) is 44.4 Å². The lowest BCUT2D eigenvalue weighted by Gasteiger charge is -2.20. The summed E-state index contributed by atoms with van der Waals surface area (Å²) in [5, 5.41) is 10.4. The molecule has 0 spiro atoms. The fraction of sp³-hybridized carbons (Fsp3) is 0.0164. The number of benzene rings is 17. The average molecular weight is 1680 g/mol. The summed E-state index contributed by atoms with van der Waals surface area (Å²) >= 11 is 0. The van der Waals surface area contributed by atoms with Gasteiger partial charge in [0.2, 0.25) is 0 Å². The Hall–Kier alpha value is -17.4. The predicted molar refractivity (Wildman–Crippen MR) is 544 cm³/mol. The molecule has 0 N–H and O–H groups in total. The summed E-state index contributed by atoms with van der Waals surface area (Å²) in [7, 11) is 0. The Morgan fingerprint density at radius 3 is 0.924 bits per heavy atom. The first-order valence-corrected chi connectivity index (χ1v) is 44.4. The van der Waals surface area contributed by atoms with Crippen molar-refractivity contribution in [3.05, 3.63) is 479 Å². The summed E-state index contributed by atoms with van der Waals surface area (Å²) < 4.78 is 2.27. The molecule has 7 aromatic heterocycles. The summed E-state index contributed by atoms with van der Waals surface area (Å²) in [4.78, 5) is 41.1. The summed E-state index contributed by atoms with van der Waals surface area (Å²) in [5.41, 5.74) is 32.3. The van der Waals surface area contributed by atoms with Gasteiger partial charge in [-0.3, -0.25) is 14.5 Å². The molecular formula is C122H83N9. The molecule has 24 aromatic rings. The number of hydrogen-bond donors (Lipinski definition) is 0. The smallest absolute Gasteiger partial charge is 0.160 e. The highest BCUT2D eigenvalue weighted by Crippen LogP contribution is 2.49. The normalized spacial score (nSPS) is 11.3. The number of aryl methyl sites for hydroxylation is 1. The van der Waals surface area contributed by atoms with Gasteiger partial charge in [-0.25, -0.2) is 29.9 Å². The van der Waals surface area contributed by atoms with Crippen molar-refractivity contribution in [2.24, 2.45) is 0 Å². The van der Waals surface area contributed by atoms with E-state index in [1.165, 1.54) is 49.5 Å².